The van der Waals surface area contributed by atoms with Crippen LogP contribution in [0.1, 0.15) is 16.7 Å². The first kappa shape index (κ1) is 20.2. The van der Waals surface area contributed by atoms with Crippen LogP contribution in [0.15, 0.2) is 53.4 Å². The summed E-state index contributed by atoms with van der Waals surface area (Å²) in [4.78, 5) is 38.2. The van der Waals surface area contributed by atoms with E-state index in [0.717, 1.165) is 33.4 Å². The molecule has 0 unspecified atom stereocenters. The lowest BCUT2D eigenvalue weighted by atomic mass is 10.1. The Morgan fingerprint density at radius 2 is 1.86 bits per heavy atom. The van der Waals surface area contributed by atoms with E-state index in [-0.39, 0.29) is 36.6 Å². The van der Waals surface area contributed by atoms with Gasteiger partial charge in [0.15, 0.2) is 0 Å². The molecular weight excluding hydrogens is 396 g/mol. The molecule has 2 aromatic rings. The molecule has 1 saturated heterocycles. The van der Waals surface area contributed by atoms with Crippen LogP contribution in [0.3, 0.4) is 0 Å². The normalized spacial score (nSPS) is 15.4. The summed E-state index contributed by atoms with van der Waals surface area (Å²) < 4.78 is 0. The Kier molecular flexibility index (Phi) is 6.54. The summed E-state index contributed by atoms with van der Waals surface area (Å²) in [6.07, 6.45) is 1.86. The molecule has 3 rings (SSSR count). The molecule has 5 nitrogen and oxygen atoms in total. The van der Waals surface area contributed by atoms with Crippen molar-refractivity contribution in [1.29, 1.82) is 0 Å². The number of aryl methyl sites for hydroxylation is 1. The summed E-state index contributed by atoms with van der Waals surface area (Å²) in [7, 11) is 0. The van der Waals surface area contributed by atoms with Crippen LogP contribution in [0.2, 0.25) is 5.02 Å². The molecule has 0 aliphatic carbocycles. The second-order valence-electron chi connectivity index (χ2n) is 6.36. The summed E-state index contributed by atoms with van der Waals surface area (Å²) in [5.74, 6) is -0.550. The van der Waals surface area contributed by atoms with Crippen molar-refractivity contribution in [3.05, 3.63) is 75.1 Å². The van der Waals surface area contributed by atoms with Crippen LogP contribution in [0.25, 0.3) is 6.08 Å². The van der Waals surface area contributed by atoms with Gasteiger partial charge in [-0.05, 0) is 42.0 Å². The highest BCUT2D eigenvalue weighted by Gasteiger charge is 2.34. The van der Waals surface area contributed by atoms with Crippen LogP contribution < -0.4 is 5.32 Å². The second kappa shape index (κ2) is 9.08. The zero-order valence-electron chi connectivity index (χ0n) is 15.3. The number of rotatable bonds is 6. The molecule has 0 spiro atoms. The highest BCUT2D eigenvalue weighted by Crippen LogP contribution is 2.31. The minimum Gasteiger partial charge on any atom is -0.354 e. The average molecular weight is 415 g/mol. The quantitative estimate of drug-likeness (QED) is 0.724. The van der Waals surface area contributed by atoms with E-state index in [1.807, 2.05) is 37.3 Å². The Morgan fingerprint density at radius 3 is 2.57 bits per heavy atom. The largest absolute Gasteiger partial charge is 0.354 e. The Bertz CT molecular complexity index is 941. The molecule has 28 heavy (non-hydrogen) atoms. The van der Waals surface area contributed by atoms with E-state index in [0.29, 0.717) is 9.93 Å². The Balaban J connectivity index is 1.54. The van der Waals surface area contributed by atoms with E-state index in [2.05, 4.69) is 5.32 Å². The molecular formula is C21H19ClN2O3S. The standard InChI is InChI=1S/C21H19ClN2O3S/c1-14-6-8-15(9-7-14)12-18-20(26)24(21(27)28-18)11-10-23-19(25)13-16-4-2-3-5-17(16)22/h2-9,12H,10-11,13H2,1H3,(H,23,25). The lowest BCUT2D eigenvalue weighted by molar-refractivity contribution is -0.124. The molecule has 2 aromatic carbocycles. The number of nitrogens with zero attached hydrogens (tertiary/aromatic N) is 1. The van der Waals surface area contributed by atoms with E-state index in [9.17, 15) is 14.4 Å². The van der Waals surface area contributed by atoms with Gasteiger partial charge in [0.1, 0.15) is 0 Å². The van der Waals surface area contributed by atoms with Gasteiger partial charge in [0.25, 0.3) is 11.1 Å². The van der Waals surface area contributed by atoms with Gasteiger partial charge in [0.05, 0.1) is 11.3 Å². The lowest BCUT2D eigenvalue weighted by Crippen LogP contribution is -2.37. The van der Waals surface area contributed by atoms with Gasteiger partial charge in [-0.2, -0.15) is 0 Å². The molecule has 0 bridgehead atoms. The summed E-state index contributed by atoms with van der Waals surface area (Å²) >= 11 is 6.96. The molecule has 1 aliphatic heterocycles. The number of carbonyl (C=O) groups is 3. The third kappa shape index (κ3) is 5.03. The number of amides is 3. The number of halogens is 1. The smallest absolute Gasteiger partial charge is 0.293 e. The number of thioether (sulfide) groups is 1. The molecule has 1 aliphatic rings. The predicted molar refractivity (Wildman–Crippen MR) is 112 cm³/mol. The number of hydrogen-bond donors (Lipinski definition) is 1. The summed E-state index contributed by atoms with van der Waals surface area (Å²) in [6, 6.07) is 14.8. The fraction of sp³-hybridized carbons (Fsp3) is 0.190. The van der Waals surface area contributed by atoms with Gasteiger partial charge in [-0.3, -0.25) is 19.3 Å². The van der Waals surface area contributed by atoms with Gasteiger partial charge >= 0.3 is 0 Å². The molecule has 0 radical (unpaired) electrons. The van der Waals surface area contributed by atoms with Crippen molar-refractivity contribution in [3.8, 4) is 0 Å². The third-order valence-electron chi connectivity index (χ3n) is 4.22. The van der Waals surface area contributed by atoms with Crippen molar-refractivity contribution < 1.29 is 14.4 Å². The van der Waals surface area contributed by atoms with E-state index >= 15 is 0 Å². The molecule has 1 heterocycles. The Labute approximate surface area is 172 Å². The third-order valence-corrected chi connectivity index (χ3v) is 5.49. The van der Waals surface area contributed by atoms with Crippen molar-refractivity contribution >= 4 is 46.5 Å². The number of hydrogen-bond acceptors (Lipinski definition) is 4. The van der Waals surface area contributed by atoms with Gasteiger partial charge in [-0.15, -0.1) is 0 Å². The van der Waals surface area contributed by atoms with Gasteiger partial charge < -0.3 is 5.32 Å². The van der Waals surface area contributed by atoms with Gasteiger partial charge in [-0.25, -0.2) is 0 Å². The van der Waals surface area contributed by atoms with Gasteiger partial charge in [0.2, 0.25) is 5.91 Å². The molecule has 3 amide bonds. The molecule has 1 fully saturated rings. The van der Waals surface area contributed by atoms with Crippen LogP contribution in [0, 0.1) is 6.92 Å². The summed E-state index contributed by atoms with van der Waals surface area (Å²) in [6.45, 7) is 2.31. The van der Waals surface area contributed by atoms with E-state index in [4.69, 9.17) is 11.6 Å². The minimum atomic E-state index is -0.337. The fourth-order valence-corrected chi connectivity index (χ4v) is 3.76. The fourth-order valence-electron chi connectivity index (χ4n) is 2.69. The zero-order valence-corrected chi connectivity index (χ0v) is 16.8. The van der Waals surface area contributed by atoms with Crippen molar-refractivity contribution in [2.45, 2.75) is 13.3 Å². The first-order valence-electron chi connectivity index (χ1n) is 8.76. The van der Waals surface area contributed by atoms with Crippen LogP contribution >= 0.6 is 23.4 Å². The molecule has 0 atom stereocenters. The van der Waals surface area contributed by atoms with Crippen LogP contribution in [0.4, 0.5) is 4.79 Å². The van der Waals surface area contributed by atoms with Crippen molar-refractivity contribution in [3.63, 3.8) is 0 Å². The SMILES string of the molecule is Cc1ccc(C=C2SC(=O)N(CCNC(=O)Cc3ccccc3Cl)C2=O)cc1. The van der Waals surface area contributed by atoms with E-state index in [1.165, 1.54) is 0 Å². The van der Waals surface area contributed by atoms with Gasteiger partial charge in [-0.1, -0.05) is 59.6 Å². The number of benzene rings is 2. The minimum absolute atomic E-state index is 0.129. The van der Waals surface area contributed by atoms with Crippen molar-refractivity contribution in [2.24, 2.45) is 0 Å². The maximum atomic E-state index is 12.5. The topological polar surface area (TPSA) is 66.5 Å². The first-order chi connectivity index (χ1) is 13.4. The van der Waals surface area contributed by atoms with E-state index < -0.39 is 0 Å². The molecule has 1 N–H and O–H groups in total. The monoisotopic (exact) mass is 414 g/mol. The maximum Gasteiger partial charge on any atom is 0.293 e. The highest BCUT2D eigenvalue weighted by atomic mass is 35.5. The van der Waals surface area contributed by atoms with E-state index in [1.54, 1.807) is 24.3 Å². The predicted octanol–water partition coefficient (Wildman–Crippen LogP) is 4.04. The number of imide groups is 1. The van der Waals surface area contributed by atoms with Crippen molar-refractivity contribution in [2.75, 3.05) is 13.1 Å². The van der Waals surface area contributed by atoms with Crippen LogP contribution in [-0.2, 0) is 16.0 Å². The van der Waals surface area contributed by atoms with Crippen LogP contribution in [-0.4, -0.2) is 35.0 Å². The summed E-state index contributed by atoms with van der Waals surface area (Å²) in [5, 5.41) is 2.93. The lowest BCUT2D eigenvalue weighted by Gasteiger charge is -2.13. The zero-order chi connectivity index (χ0) is 20.1. The molecule has 7 heteroatoms. The molecule has 0 aromatic heterocycles. The average Bonchev–Trinajstić information content (AvgIpc) is 2.93. The van der Waals surface area contributed by atoms with Crippen molar-refractivity contribution in [1.82, 2.24) is 10.2 Å². The summed E-state index contributed by atoms with van der Waals surface area (Å²) in [5.41, 5.74) is 2.72. The van der Waals surface area contributed by atoms with Crippen LogP contribution in [0.5, 0.6) is 0 Å². The maximum absolute atomic E-state index is 12.5. The molecule has 0 saturated carbocycles. The first-order valence-corrected chi connectivity index (χ1v) is 9.95. The Morgan fingerprint density at radius 1 is 1.14 bits per heavy atom. The number of carbonyl (C=O) groups excluding carboxylic acids is 3. The molecule has 144 valence electrons. The Hall–Kier alpha value is -2.57. The van der Waals surface area contributed by atoms with Gasteiger partial charge in [0, 0.05) is 18.1 Å². The highest BCUT2D eigenvalue weighted by molar-refractivity contribution is 8.18. The second-order valence-corrected chi connectivity index (χ2v) is 7.76. The number of nitrogens with one attached hydrogen (secondary N) is 1.